The lowest BCUT2D eigenvalue weighted by atomic mass is 9.95. The molecule has 92 valence electrons. The topological polar surface area (TPSA) is 12.0 Å². The maximum Gasteiger partial charge on any atom is 0.141 e. The van der Waals surface area contributed by atoms with E-state index in [1.54, 1.807) is 6.07 Å². The average molecular weight is 254 g/mol. The molecule has 2 fully saturated rings. The summed E-state index contributed by atoms with van der Waals surface area (Å²) in [7, 11) is 0. The number of halogens is 2. The first kappa shape index (κ1) is 11.5. The Balaban J connectivity index is 1.68. The highest BCUT2D eigenvalue weighted by atomic mass is 35.5. The molecule has 2 saturated carbocycles. The summed E-state index contributed by atoms with van der Waals surface area (Å²) in [6.07, 6.45) is 3.83. The summed E-state index contributed by atoms with van der Waals surface area (Å²) in [5, 5.41) is 3.80. The van der Waals surface area contributed by atoms with Gasteiger partial charge in [0.1, 0.15) is 5.82 Å². The summed E-state index contributed by atoms with van der Waals surface area (Å²) < 4.78 is 13.1. The van der Waals surface area contributed by atoms with Gasteiger partial charge in [0.2, 0.25) is 0 Å². The second-order valence-corrected chi connectivity index (χ2v) is 6.04. The smallest absolute Gasteiger partial charge is 0.141 e. The molecule has 0 heterocycles. The molecule has 0 amide bonds. The van der Waals surface area contributed by atoms with Crippen molar-refractivity contribution in [3.05, 3.63) is 34.6 Å². The van der Waals surface area contributed by atoms with E-state index < -0.39 is 0 Å². The molecule has 2 aliphatic rings. The molecule has 0 aromatic heterocycles. The van der Waals surface area contributed by atoms with E-state index in [9.17, 15) is 4.39 Å². The van der Waals surface area contributed by atoms with Crippen LogP contribution in [0.4, 0.5) is 4.39 Å². The Hall–Kier alpha value is -0.600. The van der Waals surface area contributed by atoms with Crippen LogP contribution in [-0.2, 0) is 5.41 Å². The molecule has 2 unspecified atom stereocenters. The van der Waals surface area contributed by atoms with Crippen molar-refractivity contribution in [1.29, 1.82) is 0 Å². The largest absolute Gasteiger partial charge is 0.314 e. The van der Waals surface area contributed by atoms with Crippen LogP contribution in [0.2, 0.25) is 5.02 Å². The Morgan fingerprint density at radius 3 is 2.88 bits per heavy atom. The van der Waals surface area contributed by atoms with Crippen molar-refractivity contribution < 1.29 is 4.39 Å². The molecule has 1 nitrogen and oxygen atoms in total. The molecule has 2 atom stereocenters. The van der Waals surface area contributed by atoms with Gasteiger partial charge in [0.05, 0.1) is 5.02 Å². The van der Waals surface area contributed by atoms with Crippen molar-refractivity contribution in [2.24, 2.45) is 5.92 Å². The summed E-state index contributed by atoms with van der Waals surface area (Å²) >= 11 is 5.84. The molecular weight excluding hydrogens is 237 g/mol. The molecule has 0 saturated heterocycles. The molecule has 1 N–H and O–H groups in total. The maximum atomic E-state index is 13.1. The Labute approximate surface area is 106 Å². The molecule has 1 aromatic rings. The fraction of sp³-hybridized carbons (Fsp3) is 0.571. The number of rotatable bonds is 4. The van der Waals surface area contributed by atoms with Gasteiger partial charge in [0.25, 0.3) is 0 Å². The van der Waals surface area contributed by atoms with Crippen molar-refractivity contribution in [2.75, 3.05) is 6.54 Å². The SMILES string of the molecule is CC1(c2ccc(F)c(Cl)c2)CC1CNC1CC1. The number of nitrogens with one attached hydrogen (secondary N) is 1. The molecule has 0 radical (unpaired) electrons. The van der Waals surface area contributed by atoms with Crippen LogP contribution in [-0.4, -0.2) is 12.6 Å². The summed E-state index contributed by atoms with van der Waals surface area (Å²) in [6, 6.07) is 5.90. The van der Waals surface area contributed by atoms with Crippen LogP contribution in [0.15, 0.2) is 18.2 Å². The molecule has 3 heteroatoms. The van der Waals surface area contributed by atoms with E-state index in [2.05, 4.69) is 12.2 Å². The van der Waals surface area contributed by atoms with Crippen LogP contribution in [0.3, 0.4) is 0 Å². The van der Waals surface area contributed by atoms with Gasteiger partial charge < -0.3 is 5.32 Å². The highest BCUT2D eigenvalue weighted by Crippen LogP contribution is 2.54. The molecule has 0 aliphatic heterocycles. The zero-order valence-corrected chi connectivity index (χ0v) is 10.7. The van der Waals surface area contributed by atoms with Crippen LogP contribution in [0.1, 0.15) is 31.7 Å². The molecule has 0 bridgehead atoms. The van der Waals surface area contributed by atoms with Gasteiger partial charge in [-0.05, 0) is 54.8 Å². The number of hydrogen-bond donors (Lipinski definition) is 1. The van der Waals surface area contributed by atoms with E-state index in [-0.39, 0.29) is 16.3 Å². The van der Waals surface area contributed by atoms with Gasteiger partial charge in [-0.1, -0.05) is 24.6 Å². The van der Waals surface area contributed by atoms with Crippen LogP contribution >= 0.6 is 11.6 Å². The Bertz CT molecular complexity index is 444. The lowest BCUT2D eigenvalue weighted by Crippen LogP contribution is -2.22. The average Bonchev–Trinajstić information content (AvgIpc) is 3.17. The molecule has 0 spiro atoms. The van der Waals surface area contributed by atoms with Crippen molar-refractivity contribution >= 4 is 11.6 Å². The predicted octanol–water partition coefficient (Wildman–Crippen LogP) is 3.51. The molecular formula is C14H17ClFN. The first-order valence-corrected chi connectivity index (χ1v) is 6.66. The molecule has 17 heavy (non-hydrogen) atoms. The van der Waals surface area contributed by atoms with Crippen LogP contribution in [0.5, 0.6) is 0 Å². The van der Waals surface area contributed by atoms with E-state index >= 15 is 0 Å². The zero-order chi connectivity index (χ0) is 12.0. The fourth-order valence-corrected chi connectivity index (χ4v) is 2.73. The van der Waals surface area contributed by atoms with Gasteiger partial charge in [-0.15, -0.1) is 0 Å². The van der Waals surface area contributed by atoms with Crippen LogP contribution < -0.4 is 5.32 Å². The van der Waals surface area contributed by atoms with E-state index in [0.717, 1.165) is 12.6 Å². The second kappa shape index (κ2) is 3.96. The van der Waals surface area contributed by atoms with Gasteiger partial charge in [-0.25, -0.2) is 4.39 Å². The lowest BCUT2D eigenvalue weighted by Gasteiger charge is -2.13. The quantitative estimate of drug-likeness (QED) is 0.866. The molecule has 1 aromatic carbocycles. The van der Waals surface area contributed by atoms with E-state index in [4.69, 9.17) is 11.6 Å². The van der Waals surface area contributed by atoms with Gasteiger partial charge in [0.15, 0.2) is 0 Å². The minimum Gasteiger partial charge on any atom is -0.314 e. The third-order valence-electron chi connectivity index (χ3n) is 4.22. The Kier molecular flexibility index (Phi) is 2.68. The normalized spacial score (nSPS) is 31.6. The van der Waals surface area contributed by atoms with Crippen molar-refractivity contribution in [1.82, 2.24) is 5.32 Å². The van der Waals surface area contributed by atoms with Crippen molar-refractivity contribution in [3.63, 3.8) is 0 Å². The van der Waals surface area contributed by atoms with Gasteiger partial charge in [-0.3, -0.25) is 0 Å². The third kappa shape index (κ3) is 2.21. The van der Waals surface area contributed by atoms with Gasteiger partial charge in [-0.2, -0.15) is 0 Å². The standard InChI is InChI=1S/C14H17ClFN/c1-14(7-10(14)8-17-11-3-4-11)9-2-5-13(16)12(15)6-9/h2,5-6,10-11,17H,3-4,7-8H2,1H3. The zero-order valence-electron chi connectivity index (χ0n) is 9.97. The summed E-state index contributed by atoms with van der Waals surface area (Å²) in [6.45, 7) is 3.33. The first-order valence-electron chi connectivity index (χ1n) is 6.28. The number of hydrogen-bond acceptors (Lipinski definition) is 1. The minimum absolute atomic E-state index is 0.194. The summed E-state index contributed by atoms with van der Waals surface area (Å²) in [5.74, 6) is 0.344. The highest BCUT2D eigenvalue weighted by Gasteiger charge is 2.51. The lowest BCUT2D eigenvalue weighted by molar-refractivity contribution is 0.573. The summed E-state index contributed by atoms with van der Waals surface area (Å²) in [5.41, 5.74) is 1.37. The first-order chi connectivity index (χ1) is 8.09. The van der Waals surface area contributed by atoms with Crippen LogP contribution in [0.25, 0.3) is 0 Å². The van der Waals surface area contributed by atoms with Gasteiger partial charge in [0, 0.05) is 6.04 Å². The highest BCUT2D eigenvalue weighted by molar-refractivity contribution is 6.30. The molecule has 3 rings (SSSR count). The van der Waals surface area contributed by atoms with Crippen LogP contribution in [0, 0.1) is 11.7 Å². The van der Waals surface area contributed by atoms with E-state index in [1.165, 1.54) is 30.9 Å². The van der Waals surface area contributed by atoms with E-state index in [1.807, 2.05) is 6.07 Å². The fourth-order valence-electron chi connectivity index (χ4n) is 2.55. The number of benzene rings is 1. The Morgan fingerprint density at radius 1 is 1.47 bits per heavy atom. The monoisotopic (exact) mass is 253 g/mol. The maximum absolute atomic E-state index is 13.1. The van der Waals surface area contributed by atoms with Gasteiger partial charge >= 0.3 is 0 Å². The second-order valence-electron chi connectivity index (χ2n) is 5.63. The summed E-state index contributed by atoms with van der Waals surface area (Å²) in [4.78, 5) is 0. The van der Waals surface area contributed by atoms with Crippen molar-refractivity contribution in [3.8, 4) is 0 Å². The minimum atomic E-state index is -0.327. The van der Waals surface area contributed by atoms with E-state index in [0.29, 0.717) is 5.92 Å². The van der Waals surface area contributed by atoms with Crippen molar-refractivity contribution in [2.45, 2.75) is 37.6 Å². The third-order valence-corrected chi connectivity index (χ3v) is 4.51. The predicted molar refractivity (Wildman–Crippen MR) is 67.9 cm³/mol. The Morgan fingerprint density at radius 2 is 2.24 bits per heavy atom. The molecule has 2 aliphatic carbocycles.